The third kappa shape index (κ3) is 3.24. The topological polar surface area (TPSA) is 130 Å². The van der Waals surface area contributed by atoms with Crippen LogP contribution >= 0.6 is 0 Å². The highest BCUT2D eigenvalue weighted by Crippen LogP contribution is 2.21. The Bertz CT molecular complexity index is 702. The molecule has 8 nitrogen and oxygen atoms in total. The summed E-state index contributed by atoms with van der Waals surface area (Å²) in [4.78, 5) is 32.6. The molecule has 2 aromatic rings. The molecule has 0 saturated heterocycles. The van der Waals surface area contributed by atoms with Gasteiger partial charge in [0.05, 0.1) is 16.8 Å². The van der Waals surface area contributed by atoms with Gasteiger partial charge in [0.1, 0.15) is 6.54 Å². The molecule has 0 bridgehead atoms. The largest absolute Gasteiger partial charge is 0.480 e. The van der Waals surface area contributed by atoms with Gasteiger partial charge in [0, 0.05) is 11.8 Å². The summed E-state index contributed by atoms with van der Waals surface area (Å²) in [5.74, 6) is -3.59. The van der Waals surface area contributed by atoms with Crippen molar-refractivity contribution in [2.75, 3.05) is 0 Å². The van der Waals surface area contributed by atoms with Gasteiger partial charge in [-0.05, 0) is 24.3 Å². The lowest BCUT2D eigenvalue weighted by molar-refractivity contribution is -0.137. The van der Waals surface area contributed by atoms with E-state index in [1.165, 1.54) is 24.4 Å². The third-order valence-electron chi connectivity index (χ3n) is 2.66. The van der Waals surface area contributed by atoms with Crippen LogP contribution in [0, 0.1) is 0 Å². The van der Waals surface area contributed by atoms with Gasteiger partial charge in [0.15, 0.2) is 0 Å². The number of carbonyl (C=O) groups is 3. The van der Waals surface area contributed by atoms with E-state index in [1.54, 1.807) is 0 Å². The Morgan fingerprint density at radius 3 is 2.05 bits per heavy atom. The maximum atomic E-state index is 11.0. The molecule has 0 aliphatic carbocycles. The number of carboxylic acids is 3. The minimum atomic E-state index is -1.26. The number of benzene rings is 1. The van der Waals surface area contributed by atoms with Crippen molar-refractivity contribution < 1.29 is 29.7 Å². The smallest absolute Gasteiger partial charge is 0.335 e. The predicted octanol–water partition coefficient (Wildman–Crippen LogP) is 1.03. The number of aromatic nitrogens is 2. The first-order valence-electron chi connectivity index (χ1n) is 5.74. The molecule has 3 N–H and O–H groups in total. The van der Waals surface area contributed by atoms with Crippen molar-refractivity contribution in [3.8, 4) is 11.3 Å². The maximum absolute atomic E-state index is 11.0. The van der Waals surface area contributed by atoms with Crippen molar-refractivity contribution in [1.29, 1.82) is 0 Å². The van der Waals surface area contributed by atoms with Crippen LogP contribution in [0.4, 0.5) is 0 Å². The van der Waals surface area contributed by atoms with E-state index >= 15 is 0 Å². The molecular formula is C13H10N2O6. The van der Waals surface area contributed by atoms with Crippen molar-refractivity contribution in [1.82, 2.24) is 9.78 Å². The molecule has 21 heavy (non-hydrogen) atoms. The minimum Gasteiger partial charge on any atom is -0.480 e. The molecule has 1 aromatic heterocycles. The summed E-state index contributed by atoms with van der Waals surface area (Å²) in [7, 11) is 0. The SMILES string of the molecule is O=C(O)Cn1ccc(-c2cc(C(=O)O)cc(C(=O)O)c2)n1. The van der Waals surface area contributed by atoms with Crippen LogP contribution < -0.4 is 0 Å². The number of nitrogens with zero attached hydrogens (tertiary/aromatic N) is 2. The summed E-state index contributed by atoms with van der Waals surface area (Å²) < 4.78 is 1.16. The molecule has 0 aliphatic rings. The predicted molar refractivity (Wildman–Crippen MR) is 69.2 cm³/mol. The second kappa shape index (κ2) is 5.45. The van der Waals surface area contributed by atoms with Gasteiger partial charge in [-0.15, -0.1) is 0 Å². The Labute approximate surface area is 117 Å². The lowest BCUT2D eigenvalue weighted by atomic mass is 10.0. The van der Waals surface area contributed by atoms with E-state index in [-0.39, 0.29) is 23.2 Å². The Morgan fingerprint density at radius 2 is 1.57 bits per heavy atom. The van der Waals surface area contributed by atoms with E-state index in [2.05, 4.69) is 5.10 Å². The van der Waals surface area contributed by atoms with Gasteiger partial charge < -0.3 is 15.3 Å². The Balaban J connectivity index is 2.47. The highest BCUT2D eigenvalue weighted by atomic mass is 16.4. The summed E-state index contributed by atoms with van der Waals surface area (Å²) in [6.45, 7) is -0.343. The van der Waals surface area contributed by atoms with E-state index in [0.717, 1.165) is 10.7 Å². The molecule has 1 aromatic carbocycles. The summed E-state index contributed by atoms with van der Waals surface area (Å²) in [6, 6.07) is 5.09. The first-order chi connectivity index (χ1) is 9.86. The molecule has 0 atom stereocenters. The summed E-state index contributed by atoms with van der Waals surface area (Å²) in [5.41, 5.74) is 0.216. The van der Waals surface area contributed by atoms with E-state index < -0.39 is 17.9 Å². The van der Waals surface area contributed by atoms with Crippen LogP contribution in [0.1, 0.15) is 20.7 Å². The molecule has 108 valence electrons. The molecule has 8 heteroatoms. The van der Waals surface area contributed by atoms with E-state index in [4.69, 9.17) is 15.3 Å². The van der Waals surface area contributed by atoms with Gasteiger partial charge >= 0.3 is 17.9 Å². The van der Waals surface area contributed by atoms with Crippen LogP contribution in [0.3, 0.4) is 0 Å². The number of aliphatic carboxylic acids is 1. The first kappa shape index (κ1) is 14.3. The molecule has 0 radical (unpaired) electrons. The molecule has 0 amide bonds. The standard InChI is InChI=1S/C13H10N2O6/c16-11(17)6-15-2-1-10(14-15)7-3-8(12(18)19)5-9(4-7)13(20)21/h1-5H,6H2,(H,16,17)(H,18,19)(H,20,21). The van der Waals surface area contributed by atoms with Gasteiger partial charge in [0.25, 0.3) is 0 Å². The zero-order valence-electron chi connectivity index (χ0n) is 10.6. The lowest BCUT2D eigenvalue weighted by Gasteiger charge is -2.03. The molecule has 0 fully saturated rings. The second-order valence-electron chi connectivity index (χ2n) is 4.20. The summed E-state index contributed by atoms with van der Waals surface area (Å²) >= 11 is 0. The minimum absolute atomic E-state index is 0.183. The fraction of sp³-hybridized carbons (Fsp3) is 0.0769. The number of aromatic carboxylic acids is 2. The normalized spacial score (nSPS) is 10.3. The zero-order valence-corrected chi connectivity index (χ0v) is 10.6. The number of rotatable bonds is 5. The van der Waals surface area contributed by atoms with Crippen LogP contribution in [0.5, 0.6) is 0 Å². The third-order valence-corrected chi connectivity index (χ3v) is 2.66. The quantitative estimate of drug-likeness (QED) is 0.749. The van der Waals surface area contributed by atoms with Crippen molar-refractivity contribution in [2.24, 2.45) is 0 Å². The number of carboxylic acid groups (broad SMARTS) is 3. The van der Waals surface area contributed by atoms with Crippen molar-refractivity contribution in [3.05, 3.63) is 41.6 Å². The Hall–Kier alpha value is -3.16. The fourth-order valence-electron chi connectivity index (χ4n) is 1.76. The molecule has 1 heterocycles. The van der Waals surface area contributed by atoms with Crippen molar-refractivity contribution in [2.45, 2.75) is 6.54 Å². The van der Waals surface area contributed by atoms with E-state index in [9.17, 15) is 14.4 Å². The number of hydrogen-bond acceptors (Lipinski definition) is 4. The van der Waals surface area contributed by atoms with Gasteiger partial charge in [0.2, 0.25) is 0 Å². The van der Waals surface area contributed by atoms with Gasteiger partial charge in [-0.25, -0.2) is 9.59 Å². The summed E-state index contributed by atoms with van der Waals surface area (Å²) in [5, 5.41) is 30.6. The highest BCUT2D eigenvalue weighted by molar-refractivity contribution is 5.95. The maximum Gasteiger partial charge on any atom is 0.335 e. The van der Waals surface area contributed by atoms with Crippen LogP contribution in [-0.4, -0.2) is 43.0 Å². The van der Waals surface area contributed by atoms with Gasteiger partial charge in [-0.3, -0.25) is 9.48 Å². The fourth-order valence-corrected chi connectivity index (χ4v) is 1.76. The molecule has 0 saturated carbocycles. The van der Waals surface area contributed by atoms with Crippen molar-refractivity contribution >= 4 is 17.9 Å². The average molecular weight is 290 g/mol. The van der Waals surface area contributed by atoms with Crippen LogP contribution in [-0.2, 0) is 11.3 Å². The van der Waals surface area contributed by atoms with Crippen LogP contribution in [0.25, 0.3) is 11.3 Å². The first-order valence-corrected chi connectivity index (χ1v) is 5.74. The second-order valence-corrected chi connectivity index (χ2v) is 4.20. The monoisotopic (exact) mass is 290 g/mol. The zero-order chi connectivity index (χ0) is 15.6. The average Bonchev–Trinajstić information content (AvgIpc) is 2.85. The van der Waals surface area contributed by atoms with Gasteiger partial charge in [-0.2, -0.15) is 5.10 Å². The number of hydrogen-bond donors (Lipinski definition) is 3. The van der Waals surface area contributed by atoms with Gasteiger partial charge in [-0.1, -0.05) is 0 Å². The van der Waals surface area contributed by atoms with E-state index in [1.807, 2.05) is 0 Å². The molecule has 0 unspecified atom stereocenters. The molecule has 0 spiro atoms. The Kier molecular flexibility index (Phi) is 3.70. The lowest BCUT2D eigenvalue weighted by Crippen LogP contribution is -2.09. The van der Waals surface area contributed by atoms with Crippen LogP contribution in [0.2, 0.25) is 0 Å². The van der Waals surface area contributed by atoms with Crippen LogP contribution in [0.15, 0.2) is 30.5 Å². The highest BCUT2D eigenvalue weighted by Gasteiger charge is 2.14. The van der Waals surface area contributed by atoms with E-state index in [0.29, 0.717) is 5.69 Å². The molecule has 2 rings (SSSR count). The molecule has 0 aliphatic heterocycles. The van der Waals surface area contributed by atoms with Crippen molar-refractivity contribution in [3.63, 3.8) is 0 Å². The summed E-state index contributed by atoms with van der Waals surface area (Å²) in [6.07, 6.45) is 1.41. The Morgan fingerprint density at radius 1 is 1.00 bits per heavy atom. The molecular weight excluding hydrogens is 280 g/mol.